The predicted molar refractivity (Wildman–Crippen MR) is 116 cm³/mol. The number of carbonyl (C=O) groups excluding carboxylic acids is 1. The second kappa shape index (κ2) is 7.63. The van der Waals surface area contributed by atoms with Crippen LogP contribution in [0, 0.1) is 19.3 Å². The average Bonchev–Trinajstić information content (AvgIpc) is 2.60. The molecule has 0 aliphatic rings. The molecule has 2 aromatic carbocycles. The van der Waals surface area contributed by atoms with E-state index in [1.165, 1.54) is 0 Å². The highest BCUT2D eigenvalue weighted by Crippen LogP contribution is 2.23. The molecule has 0 spiro atoms. The molecule has 1 heterocycles. The van der Waals surface area contributed by atoms with Crippen LogP contribution in [0.1, 0.15) is 37.5 Å². The van der Waals surface area contributed by atoms with Gasteiger partial charge in [0.25, 0.3) is 5.56 Å². The molecule has 0 unspecified atom stereocenters. The van der Waals surface area contributed by atoms with Crippen LogP contribution in [-0.2, 0) is 17.8 Å². The zero-order valence-electron chi connectivity index (χ0n) is 17.3. The third kappa shape index (κ3) is 4.50. The van der Waals surface area contributed by atoms with Crippen LogP contribution in [0.5, 0.6) is 0 Å². The van der Waals surface area contributed by atoms with Crippen molar-refractivity contribution in [1.29, 1.82) is 0 Å². The Kier molecular flexibility index (Phi) is 5.41. The molecule has 0 aliphatic heterocycles. The number of benzene rings is 2. The van der Waals surface area contributed by atoms with Crippen molar-refractivity contribution >= 4 is 22.4 Å². The van der Waals surface area contributed by atoms with Gasteiger partial charge >= 0.3 is 0 Å². The number of carbonyl (C=O) groups is 1. The molecule has 1 aromatic heterocycles. The van der Waals surface area contributed by atoms with Crippen LogP contribution in [-0.4, -0.2) is 10.5 Å². The van der Waals surface area contributed by atoms with E-state index < -0.39 is 0 Å². The first kappa shape index (κ1) is 19.9. The van der Waals surface area contributed by atoms with Gasteiger partial charge in [-0.2, -0.15) is 0 Å². The van der Waals surface area contributed by atoms with E-state index in [-0.39, 0.29) is 16.9 Å². The summed E-state index contributed by atoms with van der Waals surface area (Å²) in [6.07, 6.45) is 2.13. The first-order chi connectivity index (χ1) is 13.1. The lowest BCUT2D eigenvalue weighted by Gasteiger charge is -2.20. The summed E-state index contributed by atoms with van der Waals surface area (Å²) >= 11 is 0. The van der Waals surface area contributed by atoms with Gasteiger partial charge in [0.15, 0.2) is 0 Å². The number of aryl methyl sites for hydroxylation is 2. The van der Waals surface area contributed by atoms with Crippen LogP contribution in [0.4, 0.5) is 5.69 Å². The van der Waals surface area contributed by atoms with Crippen LogP contribution in [0.15, 0.2) is 53.5 Å². The summed E-state index contributed by atoms with van der Waals surface area (Å²) in [5.41, 5.74) is 3.91. The molecule has 28 heavy (non-hydrogen) atoms. The second-order valence-electron chi connectivity index (χ2n) is 8.73. The Balaban J connectivity index is 1.89. The van der Waals surface area contributed by atoms with E-state index in [2.05, 4.69) is 26.1 Å². The Bertz CT molecular complexity index is 1090. The SMILES string of the molecule is Cc1ccc(C)c(CC(=O)Nc2cccc3c(=O)n(CC(C)(C)C)ccc23)c1. The average molecular weight is 377 g/mol. The minimum Gasteiger partial charge on any atom is -0.325 e. The van der Waals surface area contributed by atoms with Crippen LogP contribution >= 0.6 is 0 Å². The Morgan fingerprint density at radius 3 is 2.50 bits per heavy atom. The summed E-state index contributed by atoms with van der Waals surface area (Å²) in [5, 5.41) is 4.38. The monoisotopic (exact) mass is 376 g/mol. The molecule has 0 aliphatic carbocycles. The van der Waals surface area contributed by atoms with Gasteiger partial charge in [-0.05, 0) is 48.6 Å². The first-order valence-corrected chi connectivity index (χ1v) is 9.62. The van der Waals surface area contributed by atoms with Gasteiger partial charge in [0, 0.05) is 29.2 Å². The number of anilines is 1. The van der Waals surface area contributed by atoms with Crippen LogP contribution < -0.4 is 10.9 Å². The molecule has 3 aromatic rings. The van der Waals surface area contributed by atoms with Crippen molar-refractivity contribution in [2.45, 2.75) is 47.6 Å². The van der Waals surface area contributed by atoms with Gasteiger partial charge in [0.1, 0.15) is 0 Å². The Labute approximate surface area is 166 Å². The van der Waals surface area contributed by atoms with Crippen molar-refractivity contribution < 1.29 is 4.79 Å². The summed E-state index contributed by atoms with van der Waals surface area (Å²) in [4.78, 5) is 25.5. The minimum atomic E-state index is -0.0833. The molecule has 0 saturated heterocycles. The summed E-state index contributed by atoms with van der Waals surface area (Å²) in [7, 11) is 0. The third-order valence-electron chi connectivity index (χ3n) is 4.79. The topological polar surface area (TPSA) is 51.1 Å². The van der Waals surface area contributed by atoms with E-state index in [0.29, 0.717) is 24.0 Å². The lowest BCUT2D eigenvalue weighted by atomic mass is 9.96. The fraction of sp³-hybridized carbons (Fsp3) is 0.333. The Morgan fingerprint density at radius 2 is 1.79 bits per heavy atom. The van der Waals surface area contributed by atoms with Crippen LogP contribution in [0.3, 0.4) is 0 Å². The van der Waals surface area contributed by atoms with E-state index in [0.717, 1.165) is 22.1 Å². The summed E-state index contributed by atoms with van der Waals surface area (Å²) in [5.74, 6) is -0.0833. The van der Waals surface area contributed by atoms with Gasteiger partial charge in [-0.15, -0.1) is 0 Å². The molecule has 4 nitrogen and oxygen atoms in total. The smallest absolute Gasteiger partial charge is 0.258 e. The van der Waals surface area contributed by atoms with E-state index >= 15 is 0 Å². The van der Waals surface area contributed by atoms with Crippen LogP contribution in [0.2, 0.25) is 0 Å². The number of nitrogens with one attached hydrogen (secondary N) is 1. The molecule has 0 radical (unpaired) electrons. The van der Waals surface area contributed by atoms with E-state index in [1.54, 1.807) is 4.57 Å². The quantitative estimate of drug-likeness (QED) is 0.708. The Morgan fingerprint density at radius 1 is 1.04 bits per heavy atom. The lowest BCUT2D eigenvalue weighted by molar-refractivity contribution is -0.115. The zero-order chi connectivity index (χ0) is 20.5. The third-order valence-corrected chi connectivity index (χ3v) is 4.79. The molecule has 1 amide bonds. The maximum Gasteiger partial charge on any atom is 0.258 e. The lowest BCUT2D eigenvalue weighted by Crippen LogP contribution is -2.26. The molecule has 146 valence electrons. The highest BCUT2D eigenvalue weighted by atomic mass is 16.1. The molecule has 0 saturated carbocycles. The molecule has 0 atom stereocenters. The van der Waals surface area contributed by atoms with Crippen molar-refractivity contribution in [3.8, 4) is 0 Å². The van der Waals surface area contributed by atoms with E-state index in [9.17, 15) is 9.59 Å². The fourth-order valence-electron chi connectivity index (χ4n) is 3.42. The van der Waals surface area contributed by atoms with Gasteiger partial charge in [-0.3, -0.25) is 9.59 Å². The summed E-state index contributed by atoms with van der Waals surface area (Å²) in [6, 6.07) is 13.5. The maximum absolute atomic E-state index is 12.9. The number of rotatable bonds is 4. The molecule has 0 bridgehead atoms. The molecule has 1 N–H and O–H groups in total. The molecular formula is C24H28N2O2. The fourth-order valence-corrected chi connectivity index (χ4v) is 3.42. The number of hydrogen-bond donors (Lipinski definition) is 1. The van der Waals surface area contributed by atoms with Crippen molar-refractivity contribution in [3.63, 3.8) is 0 Å². The largest absolute Gasteiger partial charge is 0.325 e. The number of pyridine rings is 1. The molecule has 4 heteroatoms. The normalized spacial score (nSPS) is 11.6. The Hall–Kier alpha value is -2.88. The van der Waals surface area contributed by atoms with Crippen molar-refractivity contribution in [2.75, 3.05) is 5.32 Å². The summed E-state index contributed by atoms with van der Waals surface area (Å²) < 4.78 is 1.74. The standard InChI is InChI=1S/C24H28N2O2/c1-16-9-10-17(2)18(13-16)14-22(27)25-21-8-6-7-20-19(21)11-12-26(23(20)28)15-24(3,4)5/h6-13H,14-15H2,1-5H3,(H,25,27). The van der Waals surface area contributed by atoms with E-state index in [1.807, 2.05) is 62.5 Å². The van der Waals surface area contributed by atoms with Crippen molar-refractivity contribution in [1.82, 2.24) is 4.57 Å². The van der Waals surface area contributed by atoms with Gasteiger partial charge in [-0.1, -0.05) is 50.6 Å². The van der Waals surface area contributed by atoms with Crippen molar-refractivity contribution in [2.24, 2.45) is 5.41 Å². The number of aromatic nitrogens is 1. The number of hydrogen-bond acceptors (Lipinski definition) is 2. The second-order valence-corrected chi connectivity index (χ2v) is 8.73. The highest BCUT2D eigenvalue weighted by molar-refractivity contribution is 6.02. The minimum absolute atomic E-state index is 0.00893. The van der Waals surface area contributed by atoms with Gasteiger partial charge in [-0.25, -0.2) is 0 Å². The van der Waals surface area contributed by atoms with Gasteiger partial charge in [0.05, 0.1) is 6.42 Å². The summed E-state index contributed by atoms with van der Waals surface area (Å²) in [6.45, 7) is 11.0. The van der Waals surface area contributed by atoms with Crippen molar-refractivity contribution in [3.05, 3.63) is 75.7 Å². The number of fused-ring (bicyclic) bond motifs is 1. The predicted octanol–water partition coefficient (Wildman–Crippen LogP) is 4.85. The van der Waals surface area contributed by atoms with Gasteiger partial charge < -0.3 is 9.88 Å². The number of nitrogens with zero attached hydrogens (tertiary/aromatic N) is 1. The maximum atomic E-state index is 12.9. The molecular weight excluding hydrogens is 348 g/mol. The van der Waals surface area contributed by atoms with Gasteiger partial charge in [0.2, 0.25) is 5.91 Å². The molecule has 3 rings (SSSR count). The molecule has 0 fully saturated rings. The highest BCUT2D eigenvalue weighted by Gasteiger charge is 2.15. The zero-order valence-corrected chi connectivity index (χ0v) is 17.3. The van der Waals surface area contributed by atoms with Crippen LogP contribution in [0.25, 0.3) is 10.8 Å². The number of amides is 1. The van der Waals surface area contributed by atoms with E-state index in [4.69, 9.17) is 0 Å². The first-order valence-electron chi connectivity index (χ1n) is 9.62.